The summed E-state index contributed by atoms with van der Waals surface area (Å²) < 4.78 is 0. The summed E-state index contributed by atoms with van der Waals surface area (Å²) in [5.74, 6) is 0.745. The quantitative estimate of drug-likeness (QED) is 0.557. The summed E-state index contributed by atoms with van der Waals surface area (Å²) in [6.45, 7) is 1.50. The largest absolute Gasteiger partial charge is 0.394 e. The van der Waals surface area contributed by atoms with Gasteiger partial charge in [-0.3, -0.25) is 15.4 Å². The number of H-pyrrole nitrogens is 1. The molecule has 0 aromatic carbocycles. The van der Waals surface area contributed by atoms with Gasteiger partial charge in [-0.1, -0.05) is 6.07 Å². The minimum Gasteiger partial charge on any atom is -0.394 e. The predicted molar refractivity (Wildman–Crippen MR) is 74.0 cm³/mol. The number of urea groups is 1. The van der Waals surface area contributed by atoms with E-state index in [1.165, 1.54) is 0 Å². The molecule has 2 amide bonds. The van der Waals surface area contributed by atoms with E-state index in [1.807, 2.05) is 0 Å². The van der Waals surface area contributed by atoms with E-state index >= 15 is 0 Å². The summed E-state index contributed by atoms with van der Waals surface area (Å²) in [7, 11) is 0. The maximum Gasteiger partial charge on any atom is 0.321 e. The van der Waals surface area contributed by atoms with Gasteiger partial charge in [-0.25, -0.2) is 4.79 Å². The van der Waals surface area contributed by atoms with Crippen LogP contribution in [0.2, 0.25) is 0 Å². The van der Waals surface area contributed by atoms with Crippen molar-refractivity contribution in [1.82, 2.24) is 20.5 Å². The molecular formula is C12H16N6O2. The fraction of sp³-hybridized carbons (Fsp3) is 0.250. The zero-order valence-corrected chi connectivity index (χ0v) is 10.9. The molecule has 2 aromatic rings. The van der Waals surface area contributed by atoms with Crippen molar-refractivity contribution in [3.63, 3.8) is 0 Å². The molecule has 1 unspecified atom stereocenters. The number of nitrogens with zero attached hydrogens (tertiary/aromatic N) is 2. The van der Waals surface area contributed by atoms with Crippen LogP contribution in [0.3, 0.4) is 0 Å². The van der Waals surface area contributed by atoms with E-state index in [-0.39, 0.29) is 6.61 Å². The summed E-state index contributed by atoms with van der Waals surface area (Å²) >= 11 is 0. The molecule has 0 aliphatic heterocycles. The van der Waals surface area contributed by atoms with Crippen molar-refractivity contribution >= 4 is 17.7 Å². The van der Waals surface area contributed by atoms with Crippen LogP contribution in [0.5, 0.6) is 0 Å². The Hall–Kier alpha value is -2.61. The van der Waals surface area contributed by atoms with Gasteiger partial charge in [-0.2, -0.15) is 5.10 Å². The first kappa shape index (κ1) is 13.8. The summed E-state index contributed by atoms with van der Waals surface area (Å²) in [5.41, 5.74) is 6.96. The number of hydrogen-bond donors (Lipinski definition) is 5. The summed E-state index contributed by atoms with van der Waals surface area (Å²) in [4.78, 5) is 15.8. The molecule has 2 heterocycles. The Balaban J connectivity index is 2.01. The van der Waals surface area contributed by atoms with Crippen LogP contribution in [0.1, 0.15) is 17.2 Å². The zero-order chi connectivity index (χ0) is 14.5. The number of anilines is 2. The van der Waals surface area contributed by atoms with Gasteiger partial charge in [0.15, 0.2) is 5.82 Å². The van der Waals surface area contributed by atoms with Gasteiger partial charge in [0, 0.05) is 18.0 Å². The standard InChI is InChI=1S/C12H16N6O2/c1-7-10(13)17-18-11(7)16-12(20)15-9(6-19)8-3-2-4-14-5-8/h2-5,9,19H,6H2,1H3,(H5,13,15,16,17,18,20). The van der Waals surface area contributed by atoms with Crippen LogP contribution in [-0.4, -0.2) is 32.9 Å². The lowest BCUT2D eigenvalue weighted by Crippen LogP contribution is -2.34. The molecule has 0 spiro atoms. The van der Waals surface area contributed by atoms with E-state index in [0.717, 1.165) is 0 Å². The number of aliphatic hydroxyl groups is 1. The molecule has 0 saturated heterocycles. The lowest BCUT2D eigenvalue weighted by Gasteiger charge is -2.16. The van der Waals surface area contributed by atoms with Gasteiger partial charge in [-0.15, -0.1) is 0 Å². The van der Waals surface area contributed by atoms with E-state index in [4.69, 9.17) is 5.73 Å². The number of pyridine rings is 1. The summed E-state index contributed by atoms with van der Waals surface area (Å²) in [5, 5.41) is 21.0. The fourth-order valence-electron chi connectivity index (χ4n) is 1.65. The Kier molecular flexibility index (Phi) is 4.16. The molecule has 0 saturated carbocycles. The Labute approximate surface area is 115 Å². The lowest BCUT2D eigenvalue weighted by atomic mass is 10.1. The van der Waals surface area contributed by atoms with Crippen LogP contribution in [-0.2, 0) is 0 Å². The third-order valence-electron chi connectivity index (χ3n) is 2.85. The van der Waals surface area contributed by atoms with Crippen LogP contribution >= 0.6 is 0 Å². The van der Waals surface area contributed by atoms with Crippen LogP contribution in [0.25, 0.3) is 0 Å². The zero-order valence-electron chi connectivity index (χ0n) is 10.9. The van der Waals surface area contributed by atoms with Crippen LogP contribution in [0, 0.1) is 6.92 Å². The van der Waals surface area contributed by atoms with Crippen molar-refractivity contribution in [2.24, 2.45) is 0 Å². The molecule has 0 bridgehead atoms. The van der Waals surface area contributed by atoms with Crippen LogP contribution in [0.4, 0.5) is 16.4 Å². The molecule has 20 heavy (non-hydrogen) atoms. The van der Waals surface area contributed by atoms with Crippen molar-refractivity contribution in [3.8, 4) is 0 Å². The van der Waals surface area contributed by atoms with E-state index in [1.54, 1.807) is 31.5 Å². The van der Waals surface area contributed by atoms with Gasteiger partial charge in [0.25, 0.3) is 0 Å². The molecule has 2 aromatic heterocycles. The van der Waals surface area contributed by atoms with Crippen molar-refractivity contribution in [2.75, 3.05) is 17.7 Å². The number of rotatable bonds is 4. The Bertz CT molecular complexity index is 583. The Morgan fingerprint density at radius 3 is 2.95 bits per heavy atom. The van der Waals surface area contributed by atoms with Crippen LogP contribution < -0.4 is 16.4 Å². The number of carbonyl (C=O) groups excluding carboxylic acids is 1. The third kappa shape index (κ3) is 3.04. The third-order valence-corrected chi connectivity index (χ3v) is 2.85. The number of aliphatic hydroxyl groups excluding tert-OH is 1. The van der Waals surface area contributed by atoms with Gasteiger partial charge in [0.2, 0.25) is 0 Å². The topological polar surface area (TPSA) is 129 Å². The first-order chi connectivity index (χ1) is 9.61. The second-order valence-corrected chi connectivity index (χ2v) is 4.23. The van der Waals surface area contributed by atoms with Crippen molar-refractivity contribution < 1.29 is 9.90 Å². The summed E-state index contributed by atoms with van der Waals surface area (Å²) in [6.07, 6.45) is 3.20. The minimum atomic E-state index is -0.541. The molecule has 6 N–H and O–H groups in total. The molecular weight excluding hydrogens is 260 g/mol. The number of nitrogens with two attached hydrogens (primary N) is 1. The van der Waals surface area contributed by atoms with E-state index in [2.05, 4.69) is 25.8 Å². The molecule has 0 aliphatic carbocycles. The number of nitrogens with one attached hydrogen (secondary N) is 3. The average molecular weight is 276 g/mol. The van der Waals surface area contributed by atoms with E-state index in [0.29, 0.717) is 22.8 Å². The number of nitrogen functional groups attached to an aromatic ring is 1. The van der Waals surface area contributed by atoms with Gasteiger partial charge in [-0.05, 0) is 18.6 Å². The molecule has 0 aliphatic rings. The molecule has 2 rings (SSSR count). The number of carbonyl (C=O) groups is 1. The Morgan fingerprint density at radius 1 is 1.60 bits per heavy atom. The van der Waals surface area contributed by atoms with Gasteiger partial charge in [0.05, 0.1) is 12.6 Å². The monoisotopic (exact) mass is 276 g/mol. The van der Waals surface area contributed by atoms with Crippen molar-refractivity contribution in [1.29, 1.82) is 0 Å². The summed E-state index contributed by atoms with van der Waals surface area (Å²) in [6, 6.07) is 2.48. The predicted octanol–water partition coefficient (Wildman–Crippen LogP) is 0.550. The van der Waals surface area contributed by atoms with E-state index < -0.39 is 12.1 Å². The second kappa shape index (κ2) is 6.02. The Morgan fingerprint density at radius 2 is 2.40 bits per heavy atom. The molecule has 8 heteroatoms. The number of hydrogen-bond acceptors (Lipinski definition) is 5. The molecule has 106 valence electrons. The lowest BCUT2D eigenvalue weighted by molar-refractivity contribution is 0.225. The van der Waals surface area contributed by atoms with Gasteiger partial charge in [0.1, 0.15) is 5.82 Å². The van der Waals surface area contributed by atoms with E-state index in [9.17, 15) is 9.90 Å². The first-order valence-corrected chi connectivity index (χ1v) is 6.00. The SMILES string of the molecule is Cc1c(NC(=O)NC(CO)c2cccnc2)n[nH]c1N. The number of aromatic nitrogens is 3. The maximum atomic E-state index is 11.9. The van der Waals surface area contributed by atoms with Crippen molar-refractivity contribution in [2.45, 2.75) is 13.0 Å². The van der Waals surface area contributed by atoms with Crippen LogP contribution in [0.15, 0.2) is 24.5 Å². The average Bonchev–Trinajstić information content (AvgIpc) is 2.77. The molecule has 0 radical (unpaired) electrons. The molecule has 8 nitrogen and oxygen atoms in total. The number of amides is 2. The number of aromatic amines is 1. The molecule has 0 fully saturated rings. The van der Waals surface area contributed by atoms with Crippen molar-refractivity contribution in [3.05, 3.63) is 35.7 Å². The van der Waals surface area contributed by atoms with Gasteiger partial charge < -0.3 is 16.2 Å². The highest BCUT2D eigenvalue weighted by Crippen LogP contribution is 2.16. The minimum absolute atomic E-state index is 0.235. The first-order valence-electron chi connectivity index (χ1n) is 6.00. The maximum absolute atomic E-state index is 11.9. The highest BCUT2D eigenvalue weighted by molar-refractivity contribution is 5.89. The normalized spacial score (nSPS) is 11.9. The van der Waals surface area contributed by atoms with Gasteiger partial charge >= 0.3 is 6.03 Å². The molecule has 1 atom stereocenters. The smallest absolute Gasteiger partial charge is 0.321 e. The second-order valence-electron chi connectivity index (χ2n) is 4.23. The highest BCUT2D eigenvalue weighted by atomic mass is 16.3. The highest BCUT2D eigenvalue weighted by Gasteiger charge is 2.15. The fourth-order valence-corrected chi connectivity index (χ4v) is 1.65.